The Morgan fingerprint density at radius 3 is 2.06 bits per heavy atom. The number of primary amides is 1. The first-order chi connectivity index (χ1) is 33.0. The van der Waals surface area contributed by atoms with E-state index in [2.05, 4.69) is 31.9 Å². The Morgan fingerprint density at radius 2 is 1.44 bits per heavy atom. The minimum absolute atomic E-state index is 0.0641. The second-order valence-electron chi connectivity index (χ2n) is 17.4. The third-order valence-corrected chi connectivity index (χ3v) is 10.8. The molecule has 3 aromatic rings. The van der Waals surface area contributed by atoms with E-state index in [4.69, 9.17) is 5.73 Å². The van der Waals surface area contributed by atoms with Gasteiger partial charge in [0.1, 0.15) is 42.9 Å². The summed E-state index contributed by atoms with van der Waals surface area (Å²) in [5, 5.41) is 24.8. The summed E-state index contributed by atoms with van der Waals surface area (Å²) in [7, 11) is 0. The summed E-state index contributed by atoms with van der Waals surface area (Å²) in [6, 6.07) is 8.15. The van der Waals surface area contributed by atoms with E-state index in [-0.39, 0.29) is 37.3 Å². The molecule has 4 atom stereocenters. The molecule has 0 spiro atoms. The highest BCUT2D eigenvalue weighted by Crippen LogP contribution is 2.41. The topological polar surface area (TPSA) is 301 Å². The van der Waals surface area contributed by atoms with Crippen LogP contribution in [0.2, 0.25) is 0 Å². The summed E-state index contributed by atoms with van der Waals surface area (Å²) in [6.07, 6.45) is 2.44. The monoisotopic (exact) mass is 976 g/mol. The number of hydrogen-bond donors (Lipinski definition) is 8. The number of amides is 10. The molecule has 0 unspecified atom stereocenters. The lowest BCUT2D eigenvalue weighted by atomic mass is 9.82. The molecule has 0 saturated carbocycles. The Hall–Kier alpha value is -7.82. The van der Waals surface area contributed by atoms with Crippen LogP contribution >= 0.6 is 0 Å². The third kappa shape index (κ3) is 15.9. The lowest BCUT2D eigenvalue weighted by Crippen LogP contribution is -2.58. The zero-order valence-electron chi connectivity index (χ0n) is 39.3. The Bertz CT molecular complexity index is 2470. The molecular formula is C47H58F2N10O11. The van der Waals surface area contributed by atoms with Crippen LogP contribution in [0.25, 0.3) is 11.1 Å². The maximum absolute atomic E-state index is 15.3. The van der Waals surface area contributed by atoms with E-state index in [0.717, 1.165) is 35.9 Å². The number of imide groups is 1. The molecule has 0 aliphatic carbocycles. The van der Waals surface area contributed by atoms with Crippen molar-refractivity contribution in [1.82, 2.24) is 46.3 Å². The number of nitrogens with two attached hydrogens (primary N) is 1. The van der Waals surface area contributed by atoms with Crippen LogP contribution in [0.4, 0.5) is 8.78 Å². The van der Waals surface area contributed by atoms with Gasteiger partial charge in [0.15, 0.2) is 0 Å². The minimum Gasteiger partial charge on any atom is -0.387 e. The number of aromatic nitrogens is 1. The summed E-state index contributed by atoms with van der Waals surface area (Å²) >= 11 is 0. The number of carbonyl (C=O) groups excluding carboxylic acids is 10. The predicted molar refractivity (Wildman–Crippen MR) is 247 cm³/mol. The van der Waals surface area contributed by atoms with Crippen molar-refractivity contribution in [2.45, 2.75) is 78.2 Å². The van der Waals surface area contributed by atoms with Crippen molar-refractivity contribution in [3.8, 4) is 11.1 Å². The van der Waals surface area contributed by atoms with E-state index < -0.39 is 133 Å². The molecule has 1 aliphatic rings. The van der Waals surface area contributed by atoms with Crippen molar-refractivity contribution in [3.05, 3.63) is 95.8 Å². The first kappa shape index (κ1) is 54.8. The van der Waals surface area contributed by atoms with Gasteiger partial charge >= 0.3 is 0 Å². The van der Waals surface area contributed by atoms with E-state index in [0.29, 0.717) is 10.6 Å². The summed E-state index contributed by atoms with van der Waals surface area (Å²) in [6.45, 7) is 5.08. The molecule has 4 rings (SSSR count). The zero-order chi connectivity index (χ0) is 51.9. The fraction of sp³-hybridized carbons (Fsp3) is 0.404. The van der Waals surface area contributed by atoms with Gasteiger partial charge in [0, 0.05) is 68.3 Å². The summed E-state index contributed by atoms with van der Waals surface area (Å²) in [5.41, 5.74) is 5.99. The molecule has 2 heterocycles. The smallest absolute Gasteiger partial charge is 0.254 e. The van der Waals surface area contributed by atoms with Gasteiger partial charge in [-0.3, -0.25) is 52.8 Å². The molecule has 0 saturated heterocycles. The Kier molecular flexibility index (Phi) is 19.5. The minimum atomic E-state index is -1.72. The molecule has 9 N–H and O–H groups in total. The van der Waals surface area contributed by atoms with Crippen molar-refractivity contribution in [2.75, 3.05) is 39.3 Å². The average Bonchev–Trinajstić information content (AvgIpc) is 3.84. The fourth-order valence-electron chi connectivity index (χ4n) is 7.48. The van der Waals surface area contributed by atoms with Crippen LogP contribution in [0.5, 0.6) is 0 Å². The second kappa shape index (κ2) is 25.0. The summed E-state index contributed by atoms with van der Waals surface area (Å²) in [4.78, 5) is 129. The van der Waals surface area contributed by atoms with Gasteiger partial charge in [-0.25, -0.2) is 8.78 Å². The van der Waals surface area contributed by atoms with E-state index >= 15 is 4.39 Å². The van der Waals surface area contributed by atoms with Crippen molar-refractivity contribution in [1.29, 1.82) is 0 Å². The van der Waals surface area contributed by atoms with Crippen molar-refractivity contribution in [3.63, 3.8) is 0 Å². The number of carbonyl (C=O) groups is 10. The van der Waals surface area contributed by atoms with Gasteiger partial charge in [-0.2, -0.15) is 0 Å². The molecule has 70 heavy (non-hydrogen) atoms. The first-order valence-corrected chi connectivity index (χ1v) is 22.1. The van der Waals surface area contributed by atoms with Gasteiger partial charge in [-0.05, 0) is 48.6 Å². The normalized spacial score (nSPS) is 13.9. The van der Waals surface area contributed by atoms with Crippen molar-refractivity contribution < 1.29 is 61.8 Å². The van der Waals surface area contributed by atoms with Crippen LogP contribution < -0.4 is 37.6 Å². The highest BCUT2D eigenvalue weighted by Gasteiger charge is 2.38. The van der Waals surface area contributed by atoms with E-state index in [1.165, 1.54) is 18.7 Å². The highest BCUT2D eigenvalue weighted by molar-refractivity contribution is 6.14. The number of hydrogen-bond acceptors (Lipinski definition) is 11. The molecule has 1 aromatic heterocycles. The lowest BCUT2D eigenvalue weighted by Gasteiger charge is -2.41. The molecular weight excluding hydrogens is 919 g/mol. The molecule has 0 bridgehead atoms. The molecule has 376 valence electrons. The number of halogens is 2. The lowest BCUT2D eigenvalue weighted by molar-refractivity contribution is -0.141. The van der Waals surface area contributed by atoms with Crippen LogP contribution in [0.15, 0.2) is 72.9 Å². The molecule has 2 aromatic carbocycles. The van der Waals surface area contributed by atoms with Gasteiger partial charge in [-0.15, -0.1) is 0 Å². The zero-order valence-corrected chi connectivity index (χ0v) is 39.3. The van der Waals surface area contributed by atoms with Crippen molar-refractivity contribution >= 4 is 59.1 Å². The Labute approximate surface area is 401 Å². The van der Waals surface area contributed by atoms with Crippen LogP contribution in [0, 0.1) is 17.0 Å². The summed E-state index contributed by atoms with van der Waals surface area (Å²) < 4.78 is 31.6. The molecule has 0 radical (unpaired) electrons. The van der Waals surface area contributed by atoms with Crippen LogP contribution in [-0.2, 0) is 54.5 Å². The largest absolute Gasteiger partial charge is 0.387 e. The van der Waals surface area contributed by atoms with Crippen LogP contribution in [-0.4, -0.2) is 136 Å². The SMILES string of the molecule is CC(=O)NCC(=O)N[C@@H](C)C(=O)N[C@@H](CC(N)=O)C(=O)N[C@@H](CCN(C(=O)CO)[C@@H](c1cc(-c2cc(F)ccc2F)cn1Cc1ccccc1)C(C)(C)C)C(=O)NCCNC(=O)CN1C(=O)C=CC1=O. The molecule has 0 fully saturated rings. The molecule has 21 nitrogen and oxygen atoms in total. The van der Waals surface area contributed by atoms with Crippen LogP contribution in [0.1, 0.15) is 64.8 Å². The van der Waals surface area contributed by atoms with Gasteiger partial charge in [0.25, 0.3) is 11.8 Å². The van der Waals surface area contributed by atoms with E-state index in [1.807, 2.05) is 30.3 Å². The standard InChI is InChI=1S/C47H58F2N10O11/c1-27(54-38(63)22-53-28(2)61)44(68)56-35(21-37(50)62)46(70)55-34(45(69)52-17-16-51-39(64)25-59-40(65)13-14-41(59)66)15-18-58(42(67)26-60)43(47(3,4)5)36-19-30(32-20-31(48)11-12-33(32)49)24-57(36)23-29-9-7-6-8-10-29/h6-14,19-20,24,27,34-35,43,60H,15-18,21-23,25-26H2,1-5H3,(H2,50,62)(H,51,64)(H,52,69)(H,53,61)(H,54,63)(H,55,70)(H,56,68)/t27-,34-,35-,43-/m0/s1. The average molecular weight is 977 g/mol. The van der Waals surface area contributed by atoms with Crippen molar-refractivity contribution in [2.24, 2.45) is 11.1 Å². The number of benzene rings is 2. The quantitative estimate of drug-likeness (QED) is 0.0415. The van der Waals surface area contributed by atoms with E-state index in [9.17, 15) is 57.4 Å². The van der Waals surface area contributed by atoms with Crippen LogP contribution in [0.3, 0.4) is 0 Å². The number of aliphatic hydroxyl groups is 1. The highest BCUT2D eigenvalue weighted by atomic mass is 19.1. The first-order valence-electron chi connectivity index (χ1n) is 22.1. The maximum atomic E-state index is 15.3. The number of nitrogens with zero attached hydrogens (tertiary/aromatic N) is 3. The Morgan fingerprint density at radius 1 is 0.800 bits per heavy atom. The van der Waals surface area contributed by atoms with Gasteiger partial charge in [-0.1, -0.05) is 51.1 Å². The van der Waals surface area contributed by atoms with Gasteiger partial charge in [0.2, 0.25) is 47.3 Å². The van der Waals surface area contributed by atoms with E-state index in [1.54, 1.807) is 37.6 Å². The summed E-state index contributed by atoms with van der Waals surface area (Å²) in [5.74, 6) is -9.60. The third-order valence-electron chi connectivity index (χ3n) is 10.8. The van der Waals surface area contributed by atoms with Gasteiger partial charge in [0.05, 0.1) is 19.0 Å². The molecule has 1 aliphatic heterocycles. The second-order valence-corrected chi connectivity index (χ2v) is 17.4. The number of nitrogens with one attached hydrogen (secondary N) is 6. The maximum Gasteiger partial charge on any atom is 0.254 e. The molecule has 10 amide bonds. The predicted octanol–water partition coefficient (Wildman–Crippen LogP) is -0.577. The fourth-order valence-corrected chi connectivity index (χ4v) is 7.48. The van der Waals surface area contributed by atoms with Gasteiger partial charge < -0.3 is 52.2 Å². The Balaban J connectivity index is 1.68. The number of rotatable bonds is 24. The molecule has 23 heteroatoms. The number of aliphatic hydroxyl groups excluding tert-OH is 1.